The fraction of sp³-hybridized carbons (Fsp3) is 0.115. The first kappa shape index (κ1) is 19.8. The van der Waals surface area contributed by atoms with Crippen LogP contribution in [0.4, 0.5) is 0 Å². The summed E-state index contributed by atoms with van der Waals surface area (Å²) in [5.74, 6) is 0.363. The van der Waals surface area contributed by atoms with E-state index in [0.29, 0.717) is 12.2 Å². The molecule has 5 aromatic rings. The molecule has 0 spiro atoms. The molecule has 0 saturated carbocycles. The van der Waals surface area contributed by atoms with Crippen molar-refractivity contribution >= 4 is 16.9 Å². The van der Waals surface area contributed by atoms with E-state index in [1.54, 1.807) is 0 Å². The Morgan fingerprint density at radius 1 is 0.906 bits per heavy atom. The highest BCUT2D eigenvalue weighted by molar-refractivity contribution is 5.80. The molecule has 158 valence electrons. The van der Waals surface area contributed by atoms with Crippen LogP contribution in [0, 0.1) is 0 Å². The molecule has 0 radical (unpaired) electrons. The van der Waals surface area contributed by atoms with Crippen molar-refractivity contribution in [3.8, 4) is 11.4 Å². The van der Waals surface area contributed by atoms with Gasteiger partial charge in [-0.15, -0.1) is 10.2 Å². The standard InChI is InChI=1S/C26H22N4O2/c31-25(32)16-22(19-9-10-23-20(14-19)11-12-27-23)18-7-4-8-21(15-18)26-28-24(29-30-26)13-17-5-2-1-3-6-17/h1-12,14-15,22,27H,13,16H2,(H,31,32)(H,28,29,30). The van der Waals surface area contributed by atoms with Crippen molar-refractivity contribution < 1.29 is 9.90 Å². The number of H-pyrrole nitrogens is 2. The molecule has 0 bridgehead atoms. The van der Waals surface area contributed by atoms with Crippen molar-refractivity contribution in [3.63, 3.8) is 0 Å². The van der Waals surface area contributed by atoms with E-state index in [1.807, 2.05) is 66.9 Å². The van der Waals surface area contributed by atoms with Crippen molar-refractivity contribution in [2.45, 2.75) is 18.8 Å². The summed E-state index contributed by atoms with van der Waals surface area (Å²) in [6.45, 7) is 0. The van der Waals surface area contributed by atoms with Crippen molar-refractivity contribution in [1.29, 1.82) is 0 Å². The third kappa shape index (κ3) is 4.16. The monoisotopic (exact) mass is 422 g/mol. The second-order valence-corrected chi connectivity index (χ2v) is 7.88. The Morgan fingerprint density at radius 3 is 2.59 bits per heavy atom. The summed E-state index contributed by atoms with van der Waals surface area (Å²) < 4.78 is 0. The molecule has 2 aromatic heterocycles. The Kier molecular flexibility index (Phi) is 5.25. The summed E-state index contributed by atoms with van der Waals surface area (Å²) in [5.41, 5.74) is 4.97. The second kappa shape index (κ2) is 8.51. The summed E-state index contributed by atoms with van der Waals surface area (Å²) in [6, 6.07) is 26.0. The SMILES string of the molecule is O=C(O)CC(c1cccc(-c2nnc(Cc3ccccc3)[nH]2)c1)c1ccc2[nH]ccc2c1. The topological polar surface area (TPSA) is 94.7 Å². The van der Waals surface area contributed by atoms with Gasteiger partial charge in [-0.1, -0.05) is 54.6 Å². The van der Waals surface area contributed by atoms with E-state index in [9.17, 15) is 9.90 Å². The molecule has 1 atom stereocenters. The van der Waals surface area contributed by atoms with Crippen LogP contribution in [0.5, 0.6) is 0 Å². The predicted octanol–water partition coefficient (Wildman–Crippen LogP) is 5.15. The number of aromatic nitrogens is 4. The molecular formula is C26H22N4O2. The van der Waals surface area contributed by atoms with E-state index in [-0.39, 0.29) is 12.3 Å². The van der Waals surface area contributed by atoms with E-state index < -0.39 is 5.97 Å². The molecule has 5 rings (SSSR count). The lowest BCUT2D eigenvalue weighted by atomic mass is 9.87. The minimum absolute atomic E-state index is 0.00897. The second-order valence-electron chi connectivity index (χ2n) is 7.88. The van der Waals surface area contributed by atoms with Crippen LogP contribution in [0.25, 0.3) is 22.3 Å². The van der Waals surface area contributed by atoms with Gasteiger partial charge in [0.25, 0.3) is 0 Å². The van der Waals surface area contributed by atoms with Gasteiger partial charge >= 0.3 is 5.97 Å². The average molecular weight is 422 g/mol. The molecule has 2 heterocycles. The molecular weight excluding hydrogens is 400 g/mol. The number of carbonyl (C=O) groups is 1. The third-order valence-corrected chi connectivity index (χ3v) is 5.67. The fourth-order valence-corrected chi connectivity index (χ4v) is 4.09. The molecule has 32 heavy (non-hydrogen) atoms. The molecule has 6 heteroatoms. The van der Waals surface area contributed by atoms with Crippen molar-refractivity contribution in [3.05, 3.63) is 108 Å². The highest BCUT2D eigenvalue weighted by Crippen LogP contribution is 2.32. The van der Waals surface area contributed by atoms with Gasteiger partial charge in [-0.2, -0.15) is 0 Å². The molecule has 0 amide bonds. The van der Waals surface area contributed by atoms with Crippen LogP contribution in [0.1, 0.15) is 34.9 Å². The van der Waals surface area contributed by atoms with Gasteiger partial charge in [-0.25, -0.2) is 0 Å². The quantitative estimate of drug-likeness (QED) is 0.338. The van der Waals surface area contributed by atoms with Crippen molar-refractivity contribution in [1.82, 2.24) is 20.2 Å². The number of benzene rings is 3. The summed E-state index contributed by atoms with van der Waals surface area (Å²) in [6.07, 6.45) is 2.57. The molecule has 0 fully saturated rings. The Hall–Kier alpha value is -4.19. The lowest BCUT2D eigenvalue weighted by Gasteiger charge is -2.17. The van der Waals surface area contributed by atoms with Gasteiger partial charge in [0.2, 0.25) is 0 Å². The lowest BCUT2D eigenvalue weighted by Crippen LogP contribution is -2.08. The highest BCUT2D eigenvalue weighted by Gasteiger charge is 2.19. The number of rotatable bonds is 7. The van der Waals surface area contributed by atoms with E-state index in [1.165, 1.54) is 0 Å². The summed E-state index contributed by atoms with van der Waals surface area (Å²) in [5, 5.41) is 19.3. The number of hydrogen-bond donors (Lipinski definition) is 3. The number of carboxylic acids is 1. The van der Waals surface area contributed by atoms with E-state index in [0.717, 1.165) is 39.0 Å². The molecule has 6 nitrogen and oxygen atoms in total. The van der Waals surface area contributed by atoms with Crippen LogP contribution in [-0.2, 0) is 11.2 Å². The maximum absolute atomic E-state index is 11.7. The first-order valence-electron chi connectivity index (χ1n) is 10.5. The zero-order valence-electron chi connectivity index (χ0n) is 17.3. The van der Waals surface area contributed by atoms with Gasteiger partial charge in [0.05, 0.1) is 6.42 Å². The number of nitrogens with zero attached hydrogens (tertiary/aromatic N) is 2. The summed E-state index contributed by atoms with van der Waals surface area (Å²) in [4.78, 5) is 18.2. The molecule has 0 aliphatic rings. The summed E-state index contributed by atoms with van der Waals surface area (Å²) >= 11 is 0. The van der Waals surface area contributed by atoms with Gasteiger partial charge in [-0.3, -0.25) is 4.79 Å². The fourth-order valence-electron chi connectivity index (χ4n) is 4.09. The number of nitrogens with one attached hydrogen (secondary N) is 2. The van der Waals surface area contributed by atoms with Crippen LogP contribution in [0.2, 0.25) is 0 Å². The van der Waals surface area contributed by atoms with Gasteiger partial charge < -0.3 is 15.1 Å². The Morgan fingerprint density at radius 2 is 1.75 bits per heavy atom. The Bertz CT molecular complexity index is 1370. The average Bonchev–Trinajstić information content (AvgIpc) is 3.47. The normalized spacial score (nSPS) is 12.1. The highest BCUT2D eigenvalue weighted by atomic mass is 16.4. The van der Waals surface area contributed by atoms with E-state index >= 15 is 0 Å². The number of hydrogen-bond acceptors (Lipinski definition) is 3. The van der Waals surface area contributed by atoms with E-state index in [2.05, 4.69) is 38.4 Å². The maximum atomic E-state index is 11.7. The van der Waals surface area contributed by atoms with Gasteiger partial charge in [-0.05, 0) is 46.3 Å². The van der Waals surface area contributed by atoms with Gasteiger partial charge in [0.1, 0.15) is 5.82 Å². The first-order valence-corrected chi connectivity index (χ1v) is 10.5. The van der Waals surface area contributed by atoms with Crippen LogP contribution >= 0.6 is 0 Å². The lowest BCUT2D eigenvalue weighted by molar-refractivity contribution is -0.137. The zero-order chi connectivity index (χ0) is 21.9. The van der Waals surface area contributed by atoms with Crippen LogP contribution in [0.15, 0.2) is 85.1 Å². The smallest absolute Gasteiger partial charge is 0.304 e. The third-order valence-electron chi connectivity index (χ3n) is 5.67. The van der Waals surface area contributed by atoms with Gasteiger partial charge in [0, 0.05) is 29.6 Å². The zero-order valence-corrected chi connectivity index (χ0v) is 17.3. The maximum Gasteiger partial charge on any atom is 0.304 e. The van der Waals surface area contributed by atoms with Gasteiger partial charge in [0.15, 0.2) is 5.82 Å². The minimum Gasteiger partial charge on any atom is -0.481 e. The molecule has 3 aromatic carbocycles. The molecule has 1 unspecified atom stereocenters. The van der Waals surface area contributed by atoms with Crippen molar-refractivity contribution in [2.75, 3.05) is 0 Å². The molecule has 0 aliphatic heterocycles. The van der Waals surface area contributed by atoms with Crippen LogP contribution < -0.4 is 0 Å². The molecule has 0 saturated heterocycles. The molecule has 0 aliphatic carbocycles. The number of fused-ring (bicyclic) bond motifs is 1. The largest absolute Gasteiger partial charge is 0.481 e. The predicted molar refractivity (Wildman–Crippen MR) is 123 cm³/mol. The van der Waals surface area contributed by atoms with Crippen LogP contribution in [-0.4, -0.2) is 31.2 Å². The van der Waals surface area contributed by atoms with Crippen LogP contribution in [0.3, 0.4) is 0 Å². The number of carboxylic acid groups (broad SMARTS) is 1. The van der Waals surface area contributed by atoms with Crippen molar-refractivity contribution in [2.24, 2.45) is 0 Å². The number of aliphatic carboxylic acids is 1. The minimum atomic E-state index is -0.834. The molecule has 3 N–H and O–H groups in total. The number of aromatic amines is 2. The Balaban J connectivity index is 1.46. The first-order chi connectivity index (χ1) is 15.7. The summed E-state index contributed by atoms with van der Waals surface area (Å²) in [7, 11) is 0. The van der Waals surface area contributed by atoms with E-state index in [4.69, 9.17) is 0 Å². The Labute approximate surface area is 185 Å².